The van der Waals surface area contributed by atoms with E-state index >= 15 is 0 Å². The van der Waals surface area contributed by atoms with Crippen LogP contribution in [0.2, 0.25) is 5.28 Å². The Balaban J connectivity index is 1.20. The summed E-state index contributed by atoms with van der Waals surface area (Å²) in [7, 11) is 2.15. The number of piperazine rings is 1. The Morgan fingerprint density at radius 3 is 2.84 bits per heavy atom. The molecule has 5 N–H and O–H groups in total. The van der Waals surface area contributed by atoms with E-state index in [4.69, 9.17) is 27.8 Å². The number of halogens is 2. The number of aromatic nitrogens is 2. The molecular weight excluding hydrogens is 513 g/mol. The van der Waals surface area contributed by atoms with E-state index in [1.807, 2.05) is 23.9 Å². The van der Waals surface area contributed by atoms with Crippen molar-refractivity contribution in [2.24, 2.45) is 23.5 Å². The van der Waals surface area contributed by atoms with Crippen LogP contribution in [-0.4, -0.2) is 71.7 Å². The standard InChI is InChI=1S/C26H35ClFN7OS/c1-15(29)23-16-11-18(24(23)32-25-19(28)14-31-26(27)33-25)22(12-16)37-10-9-36-21-13-17(30)3-4-20(21)35-7-5-34(2)6-8-35/h3-4,13-14,16,18,22-24H,1,5-12,29-30H2,2H3,(H,31,32,33)/t16-,18-,22-,23+,24-/m1/s1. The molecule has 8 nitrogen and oxygen atoms in total. The maximum atomic E-state index is 14.4. The van der Waals surface area contributed by atoms with Crippen LogP contribution in [-0.2, 0) is 0 Å². The molecule has 3 aliphatic rings. The average Bonchev–Trinajstić information content (AvgIpc) is 3.43. The summed E-state index contributed by atoms with van der Waals surface area (Å²) in [6, 6.07) is 5.88. The summed E-state index contributed by atoms with van der Waals surface area (Å²) in [6.07, 6.45) is 3.18. The Morgan fingerprint density at radius 2 is 2.08 bits per heavy atom. The molecule has 1 saturated heterocycles. The third kappa shape index (κ3) is 5.71. The quantitative estimate of drug-likeness (QED) is 0.246. The van der Waals surface area contributed by atoms with Crippen LogP contribution in [0.5, 0.6) is 5.75 Å². The van der Waals surface area contributed by atoms with Crippen molar-refractivity contribution < 1.29 is 9.13 Å². The molecule has 5 rings (SSSR count). The van der Waals surface area contributed by atoms with Gasteiger partial charge in [0.2, 0.25) is 5.28 Å². The maximum absolute atomic E-state index is 14.4. The zero-order valence-corrected chi connectivity index (χ0v) is 22.6. The largest absolute Gasteiger partial charge is 0.490 e. The van der Waals surface area contributed by atoms with Gasteiger partial charge in [-0.15, -0.1) is 0 Å². The van der Waals surface area contributed by atoms with E-state index in [2.05, 4.69) is 44.8 Å². The molecule has 1 aliphatic heterocycles. The van der Waals surface area contributed by atoms with Gasteiger partial charge in [-0.05, 0) is 55.5 Å². The number of thioether (sulfide) groups is 1. The fraction of sp³-hybridized carbons (Fsp3) is 0.538. The summed E-state index contributed by atoms with van der Waals surface area (Å²) in [6.45, 7) is 8.60. The van der Waals surface area contributed by atoms with E-state index in [1.165, 1.54) is 0 Å². The number of nitrogen functional groups attached to an aromatic ring is 1. The molecule has 0 amide bonds. The number of anilines is 3. The summed E-state index contributed by atoms with van der Waals surface area (Å²) in [5, 5.41) is 3.72. The number of fused-ring (bicyclic) bond motifs is 2. The first-order valence-corrected chi connectivity index (χ1v) is 14.2. The van der Waals surface area contributed by atoms with Crippen molar-refractivity contribution in [1.82, 2.24) is 14.9 Å². The molecule has 2 bridgehead atoms. The number of hydrogen-bond acceptors (Lipinski definition) is 9. The van der Waals surface area contributed by atoms with Crippen molar-refractivity contribution in [2.75, 3.05) is 61.5 Å². The lowest BCUT2D eigenvalue weighted by Gasteiger charge is -2.36. The van der Waals surface area contributed by atoms with Crippen LogP contribution in [0.3, 0.4) is 0 Å². The lowest BCUT2D eigenvalue weighted by atomic mass is 9.82. The molecule has 3 fully saturated rings. The van der Waals surface area contributed by atoms with Gasteiger partial charge < -0.3 is 31.3 Å². The van der Waals surface area contributed by atoms with Gasteiger partial charge in [0.05, 0.1) is 18.5 Å². The van der Waals surface area contributed by atoms with Crippen LogP contribution in [0.15, 0.2) is 36.7 Å². The number of rotatable bonds is 9. The van der Waals surface area contributed by atoms with Crippen molar-refractivity contribution in [3.8, 4) is 5.75 Å². The minimum Gasteiger partial charge on any atom is -0.490 e. The fourth-order valence-corrected chi connectivity index (χ4v) is 7.66. The Bertz CT molecular complexity index is 1130. The summed E-state index contributed by atoms with van der Waals surface area (Å²) in [5.41, 5.74) is 14.7. The van der Waals surface area contributed by atoms with Gasteiger partial charge >= 0.3 is 0 Å². The van der Waals surface area contributed by atoms with E-state index in [-0.39, 0.29) is 23.1 Å². The second-order valence-corrected chi connectivity index (χ2v) is 12.0. The summed E-state index contributed by atoms with van der Waals surface area (Å²) < 4.78 is 20.6. The monoisotopic (exact) mass is 547 g/mol. The van der Waals surface area contributed by atoms with Crippen LogP contribution in [0.1, 0.15) is 12.8 Å². The fourth-order valence-electron chi connectivity index (χ4n) is 6.13. The third-order valence-corrected chi connectivity index (χ3v) is 9.45. The first-order valence-electron chi connectivity index (χ1n) is 12.8. The van der Waals surface area contributed by atoms with Crippen molar-refractivity contribution in [2.45, 2.75) is 24.1 Å². The molecule has 0 unspecified atom stereocenters. The number of nitrogens with one attached hydrogen (secondary N) is 1. The summed E-state index contributed by atoms with van der Waals surface area (Å²) in [4.78, 5) is 12.5. The van der Waals surface area contributed by atoms with E-state index in [0.717, 1.165) is 62.4 Å². The van der Waals surface area contributed by atoms with Crippen LogP contribution < -0.4 is 26.4 Å². The SMILES string of the molecule is C=C(N)[C@H]1[C@@H]2C[C@@H]([C@H]1Nc1nc(Cl)ncc1F)[C@H](SCCOc1cc(N)ccc1N1CCN(C)CC1)C2. The number of likely N-dealkylation sites (N-methyl/N-ethyl adjacent to an activating group) is 1. The van der Waals surface area contributed by atoms with Gasteiger partial charge in [0.1, 0.15) is 5.75 Å². The molecule has 2 heterocycles. The van der Waals surface area contributed by atoms with Gasteiger partial charge in [-0.1, -0.05) is 6.58 Å². The van der Waals surface area contributed by atoms with Gasteiger partial charge in [-0.25, -0.2) is 9.37 Å². The molecule has 1 aromatic heterocycles. The highest BCUT2D eigenvalue weighted by molar-refractivity contribution is 7.99. The predicted octanol–water partition coefficient (Wildman–Crippen LogP) is 3.69. The van der Waals surface area contributed by atoms with Crippen LogP contribution in [0.4, 0.5) is 21.6 Å². The number of benzene rings is 1. The van der Waals surface area contributed by atoms with E-state index in [1.54, 1.807) is 0 Å². The van der Waals surface area contributed by atoms with Crippen molar-refractivity contribution in [3.63, 3.8) is 0 Å². The minimum atomic E-state index is -0.524. The molecule has 200 valence electrons. The average molecular weight is 548 g/mol. The molecule has 37 heavy (non-hydrogen) atoms. The minimum absolute atomic E-state index is 0.00995. The Labute approximate surface area is 227 Å². The third-order valence-electron chi connectivity index (χ3n) is 7.89. The Hall–Kier alpha value is -2.43. The molecule has 1 aromatic carbocycles. The van der Waals surface area contributed by atoms with Gasteiger partial charge in [0.15, 0.2) is 11.6 Å². The van der Waals surface area contributed by atoms with E-state index < -0.39 is 5.82 Å². The highest BCUT2D eigenvalue weighted by Gasteiger charge is 2.53. The zero-order chi connectivity index (χ0) is 26.1. The van der Waals surface area contributed by atoms with Crippen LogP contribution in [0.25, 0.3) is 0 Å². The molecule has 11 heteroatoms. The smallest absolute Gasteiger partial charge is 0.224 e. The van der Waals surface area contributed by atoms with Gasteiger partial charge in [0, 0.05) is 66.6 Å². The molecule has 0 spiro atoms. The first kappa shape index (κ1) is 26.2. The molecule has 2 saturated carbocycles. The van der Waals surface area contributed by atoms with Crippen molar-refractivity contribution >= 4 is 40.6 Å². The van der Waals surface area contributed by atoms with Gasteiger partial charge in [0.25, 0.3) is 0 Å². The van der Waals surface area contributed by atoms with Crippen molar-refractivity contribution in [1.29, 1.82) is 0 Å². The summed E-state index contributed by atoms with van der Waals surface area (Å²) in [5.74, 6) is 2.09. The highest BCUT2D eigenvalue weighted by atomic mass is 35.5. The zero-order valence-electron chi connectivity index (χ0n) is 21.1. The van der Waals surface area contributed by atoms with Gasteiger partial charge in [-0.2, -0.15) is 16.7 Å². The topological polar surface area (TPSA) is 106 Å². The molecule has 5 atom stereocenters. The number of nitrogens with two attached hydrogens (primary N) is 2. The predicted molar refractivity (Wildman–Crippen MR) is 150 cm³/mol. The number of hydrogen-bond donors (Lipinski definition) is 3. The maximum Gasteiger partial charge on any atom is 0.224 e. The number of nitrogens with zero attached hydrogens (tertiary/aromatic N) is 4. The van der Waals surface area contributed by atoms with Gasteiger partial charge in [-0.3, -0.25) is 0 Å². The van der Waals surface area contributed by atoms with E-state index in [9.17, 15) is 4.39 Å². The van der Waals surface area contributed by atoms with Crippen LogP contribution in [0, 0.1) is 23.6 Å². The molecule has 0 radical (unpaired) electrons. The molecule has 2 aliphatic carbocycles. The lowest BCUT2D eigenvalue weighted by molar-refractivity contribution is 0.307. The second kappa shape index (κ2) is 11.1. The van der Waals surface area contributed by atoms with E-state index in [0.29, 0.717) is 35.1 Å². The summed E-state index contributed by atoms with van der Waals surface area (Å²) >= 11 is 7.83. The molecule has 2 aromatic rings. The highest BCUT2D eigenvalue weighted by Crippen LogP contribution is 2.54. The first-order chi connectivity index (χ1) is 17.8. The number of ether oxygens (including phenoxy) is 1. The van der Waals surface area contributed by atoms with Crippen molar-refractivity contribution in [3.05, 3.63) is 47.8 Å². The Morgan fingerprint density at radius 1 is 1.30 bits per heavy atom. The Kier molecular flexibility index (Phi) is 7.88. The lowest BCUT2D eigenvalue weighted by Crippen LogP contribution is -2.44. The molecular formula is C26H35ClFN7OS. The van der Waals surface area contributed by atoms with Crippen LogP contribution >= 0.6 is 23.4 Å². The normalized spacial score (nSPS) is 27.4. The second-order valence-electron chi connectivity index (χ2n) is 10.3.